The summed E-state index contributed by atoms with van der Waals surface area (Å²) in [6.07, 6.45) is 3.09. The number of rotatable bonds is 3. The SMILES string of the molecule is COC1CCC(NC(=O)c2ccc(C#N)cc2)C1. The van der Waals surface area contributed by atoms with E-state index in [2.05, 4.69) is 5.32 Å². The van der Waals surface area contributed by atoms with E-state index in [4.69, 9.17) is 10.00 Å². The third-order valence-corrected chi connectivity index (χ3v) is 3.33. The van der Waals surface area contributed by atoms with Gasteiger partial charge in [0.1, 0.15) is 0 Å². The van der Waals surface area contributed by atoms with Gasteiger partial charge in [0, 0.05) is 18.7 Å². The Labute approximate surface area is 107 Å². The maximum Gasteiger partial charge on any atom is 0.251 e. The van der Waals surface area contributed by atoms with Crippen molar-refractivity contribution in [1.82, 2.24) is 5.32 Å². The molecule has 1 fully saturated rings. The fourth-order valence-corrected chi connectivity index (χ4v) is 2.25. The average molecular weight is 244 g/mol. The van der Waals surface area contributed by atoms with Crippen LogP contribution in [0.1, 0.15) is 35.2 Å². The highest BCUT2D eigenvalue weighted by atomic mass is 16.5. The predicted octanol–water partition coefficient (Wildman–Crippen LogP) is 1.86. The number of hydrogen-bond acceptors (Lipinski definition) is 3. The Balaban J connectivity index is 1.93. The molecule has 2 atom stereocenters. The molecule has 1 aromatic rings. The number of methoxy groups -OCH3 is 1. The molecule has 0 bridgehead atoms. The van der Waals surface area contributed by atoms with E-state index < -0.39 is 0 Å². The normalized spacial score (nSPS) is 22.4. The lowest BCUT2D eigenvalue weighted by molar-refractivity contribution is 0.0915. The number of amides is 1. The van der Waals surface area contributed by atoms with Gasteiger partial charge in [0.05, 0.1) is 17.7 Å². The minimum Gasteiger partial charge on any atom is -0.381 e. The maximum absolute atomic E-state index is 12.0. The van der Waals surface area contributed by atoms with Gasteiger partial charge in [0.15, 0.2) is 0 Å². The number of ether oxygens (including phenoxy) is 1. The van der Waals surface area contributed by atoms with Crippen molar-refractivity contribution < 1.29 is 9.53 Å². The Hall–Kier alpha value is -1.86. The van der Waals surface area contributed by atoms with Gasteiger partial charge in [-0.05, 0) is 43.5 Å². The van der Waals surface area contributed by atoms with E-state index in [-0.39, 0.29) is 18.1 Å². The Bertz CT molecular complexity index is 462. The second kappa shape index (κ2) is 5.65. The zero-order valence-electron chi connectivity index (χ0n) is 10.3. The number of carbonyl (C=O) groups excluding carboxylic acids is 1. The molecule has 0 radical (unpaired) electrons. The lowest BCUT2D eigenvalue weighted by Crippen LogP contribution is -2.33. The lowest BCUT2D eigenvalue weighted by Gasteiger charge is -2.12. The summed E-state index contributed by atoms with van der Waals surface area (Å²) in [6, 6.07) is 8.89. The third kappa shape index (κ3) is 2.88. The van der Waals surface area contributed by atoms with Crippen LogP contribution in [0.25, 0.3) is 0 Å². The zero-order chi connectivity index (χ0) is 13.0. The molecule has 1 aliphatic carbocycles. The Morgan fingerprint density at radius 1 is 1.39 bits per heavy atom. The highest BCUT2D eigenvalue weighted by Gasteiger charge is 2.25. The van der Waals surface area contributed by atoms with Gasteiger partial charge >= 0.3 is 0 Å². The van der Waals surface area contributed by atoms with E-state index in [9.17, 15) is 4.79 Å². The third-order valence-electron chi connectivity index (χ3n) is 3.33. The van der Waals surface area contributed by atoms with E-state index in [1.54, 1.807) is 31.4 Å². The van der Waals surface area contributed by atoms with Crippen LogP contribution in [0, 0.1) is 11.3 Å². The molecule has 1 saturated carbocycles. The highest BCUT2D eigenvalue weighted by molar-refractivity contribution is 5.94. The number of nitrogens with one attached hydrogen (secondary N) is 1. The van der Waals surface area contributed by atoms with Crippen molar-refractivity contribution in [2.45, 2.75) is 31.4 Å². The molecule has 0 aliphatic heterocycles. The summed E-state index contributed by atoms with van der Waals surface area (Å²) >= 11 is 0. The van der Waals surface area contributed by atoms with Crippen LogP contribution in [-0.2, 0) is 4.74 Å². The highest BCUT2D eigenvalue weighted by Crippen LogP contribution is 2.21. The maximum atomic E-state index is 12.0. The second-order valence-corrected chi connectivity index (χ2v) is 4.53. The molecule has 18 heavy (non-hydrogen) atoms. The molecule has 0 aromatic heterocycles. The summed E-state index contributed by atoms with van der Waals surface area (Å²) in [4.78, 5) is 12.0. The number of benzene rings is 1. The van der Waals surface area contributed by atoms with Gasteiger partial charge in [0.2, 0.25) is 0 Å². The molecule has 4 heteroatoms. The summed E-state index contributed by atoms with van der Waals surface area (Å²) in [6.45, 7) is 0. The van der Waals surface area contributed by atoms with Crippen LogP contribution in [-0.4, -0.2) is 25.2 Å². The van der Waals surface area contributed by atoms with Gasteiger partial charge in [-0.1, -0.05) is 0 Å². The quantitative estimate of drug-likeness (QED) is 0.882. The van der Waals surface area contributed by atoms with Crippen molar-refractivity contribution in [1.29, 1.82) is 5.26 Å². The Morgan fingerprint density at radius 3 is 2.67 bits per heavy atom. The smallest absolute Gasteiger partial charge is 0.251 e. The Morgan fingerprint density at radius 2 is 2.11 bits per heavy atom. The van der Waals surface area contributed by atoms with E-state index in [1.165, 1.54) is 0 Å². The van der Waals surface area contributed by atoms with Crippen molar-refractivity contribution in [2.24, 2.45) is 0 Å². The monoisotopic (exact) mass is 244 g/mol. The number of carbonyl (C=O) groups is 1. The average Bonchev–Trinajstić information content (AvgIpc) is 2.86. The minimum atomic E-state index is -0.0822. The fourth-order valence-electron chi connectivity index (χ4n) is 2.25. The lowest BCUT2D eigenvalue weighted by atomic mass is 10.1. The van der Waals surface area contributed by atoms with Crippen molar-refractivity contribution in [2.75, 3.05) is 7.11 Å². The molecule has 1 N–H and O–H groups in total. The molecule has 0 heterocycles. The van der Waals surface area contributed by atoms with Crippen LogP contribution in [0.5, 0.6) is 0 Å². The van der Waals surface area contributed by atoms with Crippen molar-refractivity contribution in [3.05, 3.63) is 35.4 Å². The zero-order valence-corrected chi connectivity index (χ0v) is 10.3. The van der Waals surface area contributed by atoms with Gasteiger partial charge in [-0.3, -0.25) is 4.79 Å². The van der Waals surface area contributed by atoms with E-state index in [1.807, 2.05) is 6.07 Å². The van der Waals surface area contributed by atoms with Gasteiger partial charge in [-0.25, -0.2) is 0 Å². The molecule has 2 rings (SSSR count). The first kappa shape index (κ1) is 12.6. The molecule has 94 valence electrons. The summed E-state index contributed by atoms with van der Waals surface area (Å²) in [5.74, 6) is -0.0822. The van der Waals surface area contributed by atoms with Gasteiger partial charge < -0.3 is 10.1 Å². The van der Waals surface area contributed by atoms with Crippen LogP contribution >= 0.6 is 0 Å². The topological polar surface area (TPSA) is 62.1 Å². The molecule has 1 amide bonds. The van der Waals surface area contributed by atoms with E-state index in [0.717, 1.165) is 19.3 Å². The second-order valence-electron chi connectivity index (χ2n) is 4.53. The molecular weight excluding hydrogens is 228 g/mol. The molecule has 1 aromatic carbocycles. The molecule has 2 unspecified atom stereocenters. The van der Waals surface area contributed by atoms with Crippen molar-refractivity contribution in [3.8, 4) is 6.07 Å². The molecule has 0 saturated heterocycles. The van der Waals surface area contributed by atoms with Gasteiger partial charge in [-0.2, -0.15) is 5.26 Å². The first-order chi connectivity index (χ1) is 8.72. The van der Waals surface area contributed by atoms with Gasteiger partial charge in [-0.15, -0.1) is 0 Å². The number of nitrogens with zero attached hydrogens (tertiary/aromatic N) is 1. The minimum absolute atomic E-state index is 0.0822. The summed E-state index contributed by atoms with van der Waals surface area (Å²) in [5, 5.41) is 11.7. The summed E-state index contributed by atoms with van der Waals surface area (Å²) < 4.78 is 5.27. The van der Waals surface area contributed by atoms with Crippen molar-refractivity contribution >= 4 is 5.91 Å². The van der Waals surface area contributed by atoms with E-state index >= 15 is 0 Å². The summed E-state index contributed by atoms with van der Waals surface area (Å²) in [5.41, 5.74) is 1.15. The van der Waals surface area contributed by atoms with E-state index in [0.29, 0.717) is 11.1 Å². The molecular formula is C14H16N2O2. The first-order valence-electron chi connectivity index (χ1n) is 6.06. The predicted molar refractivity (Wildman–Crippen MR) is 67.1 cm³/mol. The van der Waals surface area contributed by atoms with Crippen LogP contribution in [0.2, 0.25) is 0 Å². The summed E-state index contributed by atoms with van der Waals surface area (Å²) in [7, 11) is 1.70. The molecule has 0 spiro atoms. The molecule has 4 nitrogen and oxygen atoms in total. The van der Waals surface area contributed by atoms with Crippen molar-refractivity contribution in [3.63, 3.8) is 0 Å². The van der Waals surface area contributed by atoms with Crippen LogP contribution in [0.4, 0.5) is 0 Å². The first-order valence-corrected chi connectivity index (χ1v) is 6.06. The largest absolute Gasteiger partial charge is 0.381 e. The van der Waals surface area contributed by atoms with Crippen LogP contribution in [0.3, 0.4) is 0 Å². The fraction of sp³-hybridized carbons (Fsp3) is 0.429. The Kier molecular flexibility index (Phi) is 3.96. The molecule has 1 aliphatic rings. The number of nitriles is 1. The number of hydrogen-bond donors (Lipinski definition) is 1. The van der Waals surface area contributed by atoms with Crippen LogP contribution < -0.4 is 5.32 Å². The standard InChI is InChI=1S/C14H16N2O2/c1-18-13-7-6-12(8-13)16-14(17)11-4-2-10(9-15)3-5-11/h2-5,12-13H,6-8H2,1H3,(H,16,17). The van der Waals surface area contributed by atoms with Gasteiger partial charge in [0.25, 0.3) is 5.91 Å². The van der Waals surface area contributed by atoms with Crippen LogP contribution in [0.15, 0.2) is 24.3 Å².